The summed E-state index contributed by atoms with van der Waals surface area (Å²) in [6.07, 6.45) is 0.611. The average molecular weight is 613 g/mol. The molecule has 1 aromatic carbocycles. The van der Waals surface area contributed by atoms with Crippen molar-refractivity contribution in [2.24, 2.45) is 0 Å². The molecular weight excluding hydrogens is 573 g/mol. The van der Waals surface area contributed by atoms with E-state index in [1.54, 1.807) is 6.07 Å². The molecule has 2 saturated carbocycles. The number of benzene rings is 1. The highest BCUT2D eigenvalue weighted by Crippen LogP contribution is 2.40. The minimum atomic E-state index is -4.66. The Morgan fingerprint density at radius 3 is 1.95 bits per heavy atom. The lowest BCUT2D eigenvalue weighted by atomic mass is 9.93. The number of nitrogens with two attached hydrogens (primary N) is 2. The van der Waals surface area contributed by atoms with Crippen LogP contribution in [0.25, 0.3) is 0 Å². The third-order valence-corrected chi connectivity index (χ3v) is 8.69. The van der Waals surface area contributed by atoms with Crippen LogP contribution in [0.4, 0.5) is 48.3 Å². The number of β-amino-alcohol motifs (C(OH)–C–C–N with tert-alkyl or cyclic N) is 1. The van der Waals surface area contributed by atoms with Crippen LogP contribution in [0.2, 0.25) is 0 Å². The smallest absolute Gasteiger partial charge is 0.379 e. The first-order chi connectivity index (χ1) is 21.0. The molecule has 3 unspecified atom stereocenters. The van der Waals surface area contributed by atoms with E-state index in [-0.39, 0.29) is 18.9 Å². The minimum Gasteiger partial charge on any atom is -0.379 e. The van der Waals surface area contributed by atoms with Crippen molar-refractivity contribution in [3.63, 3.8) is 0 Å². The highest BCUT2D eigenvalue weighted by Gasteiger charge is 2.57. The van der Waals surface area contributed by atoms with Crippen LogP contribution in [0, 0.1) is 0 Å². The van der Waals surface area contributed by atoms with Gasteiger partial charge in [-0.05, 0) is 44.6 Å². The van der Waals surface area contributed by atoms with E-state index in [1.807, 2.05) is 6.07 Å². The molecule has 2 aliphatic heterocycles. The van der Waals surface area contributed by atoms with Crippen molar-refractivity contribution in [2.45, 2.75) is 81.3 Å². The van der Waals surface area contributed by atoms with Gasteiger partial charge in [0.2, 0.25) is 11.9 Å². The van der Waals surface area contributed by atoms with Crippen molar-refractivity contribution >= 4 is 35.2 Å². The van der Waals surface area contributed by atoms with E-state index in [2.05, 4.69) is 72.7 Å². The Morgan fingerprint density at radius 1 is 0.841 bits per heavy atom. The van der Waals surface area contributed by atoms with Crippen LogP contribution in [0.15, 0.2) is 42.5 Å². The molecule has 3 atom stereocenters. The predicted molar refractivity (Wildman–Crippen MR) is 165 cm³/mol. The van der Waals surface area contributed by atoms with E-state index in [4.69, 9.17) is 11.5 Å². The van der Waals surface area contributed by atoms with Gasteiger partial charge in [0.05, 0.1) is 6.54 Å². The number of halogens is 3. The van der Waals surface area contributed by atoms with Crippen LogP contribution in [0.5, 0.6) is 0 Å². The van der Waals surface area contributed by atoms with Gasteiger partial charge in [-0.2, -0.15) is 33.1 Å². The Kier molecular flexibility index (Phi) is 8.03. The van der Waals surface area contributed by atoms with Crippen molar-refractivity contribution in [1.29, 1.82) is 0 Å². The van der Waals surface area contributed by atoms with Crippen molar-refractivity contribution < 1.29 is 18.3 Å². The second-order valence-corrected chi connectivity index (χ2v) is 12.2. The highest BCUT2D eigenvalue weighted by atomic mass is 19.4. The molecule has 44 heavy (non-hydrogen) atoms. The predicted octanol–water partition coefficient (Wildman–Crippen LogP) is 4.15. The van der Waals surface area contributed by atoms with Crippen LogP contribution < -0.4 is 31.9 Å². The number of nitrogen functional groups attached to an aromatic ring is 2. The molecule has 0 spiro atoms. The first-order valence-corrected chi connectivity index (χ1v) is 15.2. The second kappa shape index (κ2) is 11.8. The fourth-order valence-electron chi connectivity index (χ4n) is 5.87. The fourth-order valence-corrected chi connectivity index (χ4v) is 5.87. The molecule has 4 aliphatic rings. The third-order valence-electron chi connectivity index (χ3n) is 8.69. The lowest BCUT2D eigenvalue weighted by molar-refractivity contribution is -0.250. The van der Waals surface area contributed by atoms with Gasteiger partial charge >= 0.3 is 6.18 Å². The standard InChI is InChI=1S/C18H23N5.C12H16F3N5O/c1-12-15(13-5-3-2-4-6-13)9-10-23(12)17-11-16(20-14-7-8-14)21-18(19)22-17;13-12(14,15)11(21)3-4-20(6-11)9-5-8(17-7-1-2-7)18-10(16)19-9/h2-6,11-12,14-15H,7-10H2,1H3,(H3,19,20,21,22);5,7,21H,1-4,6H2,(H3,16,17,18,19). The summed E-state index contributed by atoms with van der Waals surface area (Å²) in [5.74, 6) is 3.47. The quantitative estimate of drug-likeness (QED) is 0.261. The maximum Gasteiger partial charge on any atom is 0.418 e. The maximum absolute atomic E-state index is 12.8. The summed E-state index contributed by atoms with van der Waals surface area (Å²) in [4.78, 5) is 20.5. The lowest BCUT2D eigenvalue weighted by Gasteiger charge is -2.26. The molecule has 2 saturated heterocycles. The molecule has 2 aliphatic carbocycles. The van der Waals surface area contributed by atoms with Crippen molar-refractivity contribution in [3.8, 4) is 0 Å². The summed E-state index contributed by atoms with van der Waals surface area (Å²) in [6.45, 7) is 2.79. The number of nitrogens with zero attached hydrogens (tertiary/aromatic N) is 6. The van der Waals surface area contributed by atoms with Gasteiger partial charge in [0.15, 0.2) is 5.60 Å². The van der Waals surface area contributed by atoms with Gasteiger partial charge in [-0.1, -0.05) is 30.3 Å². The Balaban J connectivity index is 0.000000157. The number of rotatable bonds is 7. The second-order valence-electron chi connectivity index (χ2n) is 12.2. The van der Waals surface area contributed by atoms with Crippen LogP contribution in [-0.4, -0.2) is 74.6 Å². The zero-order chi connectivity index (χ0) is 31.1. The van der Waals surface area contributed by atoms with Crippen molar-refractivity contribution in [2.75, 3.05) is 51.5 Å². The third kappa shape index (κ3) is 6.85. The Hall–Kier alpha value is -4.07. The SMILES string of the molecule is CC1C(c2ccccc2)CCN1c1cc(NC2CC2)nc(N)n1.Nc1nc(NC2CC2)cc(N2CCC(O)(C(F)(F)F)C2)n1. The highest BCUT2D eigenvalue weighted by molar-refractivity contribution is 5.56. The molecule has 2 aromatic heterocycles. The van der Waals surface area contributed by atoms with Crippen LogP contribution >= 0.6 is 0 Å². The molecule has 11 nitrogen and oxygen atoms in total. The number of anilines is 6. The molecule has 14 heteroatoms. The summed E-state index contributed by atoms with van der Waals surface area (Å²) in [5, 5.41) is 16.2. The summed E-state index contributed by atoms with van der Waals surface area (Å²) in [5.41, 5.74) is 10.2. The van der Waals surface area contributed by atoms with Crippen LogP contribution in [0.3, 0.4) is 0 Å². The van der Waals surface area contributed by atoms with Gasteiger partial charge in [0.1, 0.15) is 23.3 Å². The number of alkyl halides is 3. The molecule has 4 heterocycles. The van der Waals surface area contributed by atoms with Gasteiger partial charge < -0.3 is 37.0 Å². The number of nitrogens with one attached hydrogen (secondary N) is 2. The molecule has 3 aromatic rings. The molecule has 7 N–H and O–H groups in total. The molecule has 0 amide bonds. The number of hydrogen-bond acceptors (Lipinski definition) is 11. The molecular formula is C30H39F3N10O. The van der Waals surface area contributed by atoms with Gasteiger partial charge in [0, 0.05) is 55.7 Å². The van der Waals surface area contributed by atoms with Crippen LogP contribution in [0.1, 0.15) is 56.9 Å². The first-order valence-electron chi connectivity index (χ1n) is 15.2. The Bertz CT molecular complexity index is 1450. The number of aliphatic hydroxyl groups is 1. The summed E-state index contributed by atoms with van der Waals surface area (Å²) >= 11 is 0. The topological polar surface area (TPSA) is 154 Å². The Labute approximate surface area is 254 Å². The monoisotopic (exact) mass is 612 g/mol. The van der Waals surface area contributed by atoms with Gasteiger partial charge in [-0.25, -0.2) is 0 Å². The lowest BCUT2D eigenvalue weighted by Crippen LogP contribution is -2.47. The van der Waals surface area contributed by atoms with Crippen molar-refractivity contribution in [3.05, 3.63) is 48.0 Å². The number of hydrogen-bond donors (Lipinski definition) is 5. The van der Waals surface area contributed by atoms with E-state index in [1.165, 1.54) is 23.3 Å². The van der Waals surface area contributed by atoms with E-state index in [0.717, 1.165) is 37.4 Å². The normalized spacial score (nSPS) is 25.0. The summed E-state index contributed by atoms with van der Waals surface area (Å²) in [7, 11) is 0. The molecule has 4 fully saturated rings. The average Bonchev–Trinajstić information content (AvgIpc) is 3.89. The zero-order valence-corrected chi connectivity index (χ0v) is 24.6. The largest absolute Gasteiger partial charge is 0.418 e. The van der Waals surface area contributed by atoms with Crippen molar-refractivity contribution in [1.82, 2.24) is 19.9 Å². The summed E-state index contributed by atoms with van der Waals surface area (Å²) in [6, 6.07) is 15.7. The van der Waals surface area contributed by atoms with E-state index in [0.29, 0.717) is 41.6 Å². The Morgan fingerprint density at radius 2 is 1.41 bits per heavy atom. The fraction of sp³-hybridized carbons (Fsp3) is 0.533. The summed E-state index contributed by atoms with van der Waals surface area (Å²) < 4.78 is 38.5. The number of aromatic nitrogens is 4. The molecule has 236 valence electrons. The zero-order valence-electron chi connectivity index (χ0n) is 24.6. The molecule has 0 radical (unpaired) electrons. The van der Waals surface area contributed by atoms with Gasteiger partial charge in [-0.15, -0.1) is 0 Å². The molecule has 7 rings (SSSR count). The van der Waals surface area contributed by atoms with Gasteiger partial charge in [0.25, 0.3) is 0 Å². The first kappa shape index (κ1) is 30.0. The maximum atomic E-state index is 12.8. The minimum absolute atomic E-state index is 0.00176. The molecule has 0 bridgehead atoms. The van der Waals surface area contributed by atoms with E-state index >= 15 is 0 Å². The van der Waals surface area contributed by atoms with Crippen LogP contribution in [-0.2, 0) is 0 Å². The van der Waals surface area contributed by atoms with E-state index < -0.39 is 18.3 Å². The van der Waals surface area contributed by atoms with Gasteiger partial charge in [-0.3, -0.25) is 0 Å². The van der Waals surface area contributed by atoms with E-state index in [9.17, 15) is 18.3 Å².